The summed E-state index contributed by atoms with van der Waals surface area (Å²) >= 11 is 0. The molecular formula is C24H31NO4. The van der Waals surface area contributed by atoms with E-state index in [1.165, 1.54) is 19.6 Å². The third-order valence-corrected chi connectivity index (χ3v) is 8.83. The largest absolute Gasteiger partial charge is 0.466 e. The molecule has 5 heteroatoms. The Hall–Kier alpha value is -2.09. The van der Waals surface area contributed by atoms with Crippen molar-refractivity contribution < 1.29 is 19.1 Å². The Morgan fingerprint density at radius 1 is 1.17 bits per heavy atom. The summed E-state index contributed by atoms with van der Waals surface area (Å²) in [5.74, 6) is 0.813. The van der Waals surface area contributed by atoms with E-state index in [1.54, 1.807) is 0 Å². The molecule has 4 aliphatic carbocycles. The highest BCUT2D eigenvalue weighted by molar-refractivity contribution is 5.89. The lowest BCUT2D eigenvalue weighted by Gasteiger charge is -2.57. The van der Waals surface area contributed by atoms with Gasteiger partial charge in [0.05, 0.1) is 7.11 Å². The van der Waals surface area contributed by atoms with Gasteiger partial charge in [0.1, 0.15) is 6.07 Å². The summed E-state index contributed by atoms with van der Waals surface area (Å²) in [7, 11) is 1.44. The SMILES string of the molecule is COC(=O)C1=CC2=CC[C@@H]3[C@H](CC[C@@]4(C)[C@H]3CC[C@@]4(C#N)OC(C)=O)[C@@]2(C)CC1. The van der Waals surface area contributed by atoms with Gasteiger partial charge in [0, 0.05) is 24.3 Å². The van der Waals surface area contributed by atoms with Crippen LogP contribution in [0.15, 0.2) is 23.3 Å². The number of allylic oxidation sites excluding steroid dienone is 3. The van der Waals surface area contributed by atoms with Crippen LogP contribution in [0.4, 0.5) is 0 Å². The first kappa shape index (κ1) is 20.2. The minimum Gasteiger partial charge on any atom is -0.466 e. The van der Waals surface area contributed by atoms with Crippen molar-refractivity contribution >= 4 is 11.9 Å². The Bertz CT molecular complexity index is 851. The van der Waals surface area contributed by atoms with Crippen LogP contribution in [0.1, 0.15) is 65.7 Å². The van der Waals surface area contributed by atoms with Gasteiger partial charge in [-0.05, 0) is 73.3 Å². The second-order valence-electron chi connectivity index (χ2n) is 9.88. The number of fused-ring (bicyclic) bond motifs is 5. The topological polar surface area (TPSA) is 76.4 Å². The van der Waals surface area contributed by atoms with E-state index in [2.05, 4.69) is 32.1 Å². The fourth-order valence-corrected chi connectivity index (χ4v) is 7.24. The summed E-state index contributed by atoms with van der Waals surface area (Å²) < 4.78 is 10.6. The number of rotatable bonds is 2. The van der Waals surface area contributed by atoms with Crippen LogP contribution in [-0.4, -0.2) is 24.6 Å². The molecule has 5 nitrogen and oxygen atoms in total. The van der Waals surface area contributed by atoms with Crippen LogP contribution in [0.25, 0.3) is 0 Å². The molecule has 0 aliphatic heterocycles. The molecule has 0 spiro atoms. The summed E-state index contributed by atoms with van der Waals surface area (Å²) in [6.45, 7) is 5.93. The Labute approximate surface area is 173 Å². The lowest BCUT2D eigenvalue weighted by molar-refractivity contribution is -0.168. The van der Waals surface area contributed by atoms with E-state index in [-0.39, 0.29) is 22.8 Å². The molecule has 0 amide bonds. The number of carbonyl (C=O) groups is 2. The predicted octanol–water partition coefficient (Wildman–Crippen LogP) is 4.48. The normalized spacial score (nSPS) is 42.9. The maximum absolute atomic E-state index is 12.0. The number of carbonyl (C=O) groups excluding carboxylic acids is 2. The molecule has 0 N–H and O–H groups in total. The highest BCUT2D eigenvalue weighted by Crippen LogP contribution is 2.67. The zero-order valence-corrected chi connectivity index (χ0v) is 17.9. The Kier molecular flexibility index (Phi) is 4.68. The number of methoxy groups -OCH3 is 1. The van der Waals surface area contributed by atoms with E-state index in [4.69, 9.17) is 9.47 Å². The van der Waals surface area contributed by atoms with Gasteiger partial charge in [-0.1, -0.05) is 19.9 Å². The van der Waals surface area contributed by atoms with Crippen LogP contribution in [0, 0.1) is 39.9 Å². The van der Waals surface area contributed by atoms with E-state index >= 15 is 0 Å². The van der Waals surface area contributed by atoms with Crippen molar-refractivity contribution in [3.05, 3.63) is 23.3 Å². The molecule has 2 fully saturated rings. The van der Waals surface area contributed by atoms with Gasteiger partial charge in [0.25, 0.3) is 0 Å². The molecule has 0 aromatic heterocycles. The van der Waals surface area contributed by atoms with Crippen LogP contribution in [0.2, 0.25) is 0 Å². The maximum atomic E-state index is 12.0. The van der Waals surface area contributed by atoms with E-state index < -0.39 is 5.60 Å². The van der Waals surface area contributed by atoms with Crippen molar-refractivity contribution in [2.45, 2.75) is 71.3 Å². The molecule has 156 valence electrons. The van der Waals surface area contributed by atoms with E-state index in [0.717, 1.165) is 44.1 Å². The summed E-state index contributed by atoms with van der Waals surface area (Å²) in [6.07, 6.45) is 10.5. The van der Waals surface area contributed by atoms with Crippen LogP contribution in [0.3, 0.4) is 0 Å². The van der Waals surface area contributed by atoms with Gasteiger partial charge >= 0.3 is 11.9 Å². The molecule has 4 rings (SSSR count). The summed E-state index contributed by atoms with van der Waals surface area (Å²) in [5.41, 5.74) is 0.816. The predicted molar refractivity (Wildman–Crippen MR) is 107 cm³/mol. The standard InChI is InChI=1S/C24H31NO4/c1-15(26)29-24(14-25)12-9-20-18-6-5-17-13-16(21(27)28-4)7-10-22(17,2)19(18)8-11-23(20,24)3/h5,13,18-20H,6-12H2,1-4H3/t18-,19+,20+,22+,23+,24+/m1/s1. The first-order chi connectivity index (χ1) is 13.7. The molecule has 0 aromatic carbocycles. The first-order valence-corrected chi connectivity index (χ1v) is 10.8. The van der Waals surface area contributed by atoms with Gasteiger partial charge in [-0.3, -0.25) is 4.79 Å². The number of hydrogen-bond donors (Lipinski definition) is 0. The van der Waals surface area contributed by atoms with E-state index in [0.29, 0.717) is 24.2 Å². The van der Waals surface area contributed by atoms with Crippen molar-refractivity contribution in [3.8, 4) is 6.07 Å². The van der Waals surface area contributed by atoms with Gasteiger partial charge in [0.15, 0.2) is 0 Å². The Balaban J connectivity index is 1.68. The fourth-order valence-electron chi connectivity index (χ4n) is 7.24. The molecule has 0 unspecified atom stereocenters. The Morgan fingerprint density at radius 2 is 1.90 bits per heavy atom. The highest BCUT2D eigenvalue weighted by Gasteiger charge is 2.66. The van der Waals surface area contributed by atoms with Crippen molar-refractivity contribution in [3.63, 3.8) is 0 Å². The van der Waals surface area contributed by atoms with Gasteiger partial charge in [-0.15, -0.1) is 0 Å². The monoisotopic (exact) mass is 397 g/mol. The lowest BCUT2D eigenvalue weighted by Crippen LogP contribution is -2.55. The van der Waals surface area contributed by atoms with Gasteiger partial charge in [-0.2, -0.15) is 5.26 Å². The van der Waals surface area contributed by atoms with Crippen LogP contribution < -0.4 is 0 Å². The van der Waals surface area contributed by atoms with Gasteiger partial charge < -0.3 is 9.47 Å². The van der Waals surface area contributed by atoms with E-state index in [1.807, 2.05) is 0 Å². The number of ether oxygens (including phenoxy) is 2. The van der Waals surface area contributed by atoms with Crippen molar-refractivity contribution in [1.82, 2.24) is 0 Å². The molecule has 0 saturated heterocycles. The van der Waals surface area contributed by atoms with Gasteiger partial charge in [0.2, 0.25) is 5.60 Å². The summed E-state index contributed by atoms with van der Waals surface area (Å²) in [4.78, 5) is 23.8. The van der Waals surface area contributed by atoms with Gasteiger partial charge in [-0.25, -0.2) is 4.79 Å². The number of nitrogens with zero attached hydrogens (tertiary/aromatic N) is 1. The zero-order chi connectivity index (χ0) is 21.0. The smallest absolute Gasteiger partial charge is 0.333 e. The third kappa shape index (κ3) is 2.71. The Morgan fingerprint density at radius 3 is 2.55 bits per heavy atom. The first-order valence-electron chi connectivity index (χ1n) is 10.8. The third-order valence-electron chi connectivity index (χ3n) is 8.83. The average molecular weight is 398 g/mol. The van der Waals surface area contributed by atoms with Crippen LogP contribution in [0.5, 0.6) is 0 Å². The minimum atomic E-state index is -0.996. The molecule has 0 radical (unpaired) electrons. The van der Waals surface area contributed by atoms with Crippen molar-refractivity contribution in [1.29, 1.82) is 5.26 Å². The second kappa shape index (κ2) is 6.72. The molecule has 0 heterocycles. The molecular weight excluding hydrogens is 366 g/mol. The maximum Gasteiger partial charge on any atom is 0.333 e. The average Bonchev–Trinajstić information content (AvgIpc) is 2.98. The molecule has 29 heavy (non-hydrogen) atoms. The van der Waals surface area contributed by atoms with Crippen LogP contribution in [-0.2, 0) is 19.1 Å². The second-order valence-corrected chi connectivity index (χ2v) is 9.88. The van der Waals surface area contributed by atoms with Crippen LogP contribution >= 0.6 is 0 Å². The molecule has 0 aromatic rings. The molecule has 0 bridgehead atoms. The molecule has 4 aliphatic rings. The lowest BCUT2D eigenvalue weighted by atomic mass is 9.47. The quantitative estimate of drug-likeness (QED) is 0.642. The number of esters is 2. The zero-order valence-electron chi connectivity index (χ0n) is 17.9. The fraction of sp³-hybridized carbons (Fsp3) is 0.708. The highest BCUT2D eigenvalue weighted by atomic mass is 16.6. The van der Waals surface area contributed by atoms with Crippen molar-refractivity contribution in [2.75, 3.05) is 7.11 Å². The molecule has 2 saturated carbocycles. The number of nitriles is 1. The van der Waals surface area contributed by atoms with Crippen molar-refractivity contribution in [2.24, 2.45) is 28.6 Å². The van der Waals surface area contributed by atoms with E-state index in [9.17, 15) is 14.9 Å². The minimum absolute atomic E-state index is 0.0566. The number of hydrogen-bond acceptors (Lipinski definition) is 5. The summed E-state index contributed by atoms with van der Waals surface area (Å²) in [6, 6.07) is 2.42. The molecule has 6 atom stereocenters. The summed E-state index contributed by atoms with van der Waals surface area (Å²) in [5, 5.41) is 10.0.